The van der Waals surface area contributed by atoms with Gasteiger partial charge in [0.15, 0.2) is 0 Å². The number of hydrogen-bond donors (Lipinski definition) is 2. The number of carboxylic acids is 1. The monoisotopic (exact) mass is 201 g/mol. The van der Waals surface area contributed by atoms with E-state index in [9.17, 15) is 9.59 Å². The summed E-state index contributed by atoms with van der Waals surface area (Å²) in [6.45, 7) is 5.14. The smallest absolute Gasteiger partial charge is 0.321 e. The van der Waals surface area contributed by atoms with Crippen LogP contribution >= 0.6 is 0 Å². The SMILES string of the molecule is CCCC(CC)(C(C)=O)C(N)C(=O)O. The molecule has 82 valence electrons. The van der Waals surface area contributed by atoms with E-state index in [2.05, 4.69) is 0 Å². The molecule has 0 heterocycles. The summed E-state index contributed by atoms with van der Waals surface area (Å²) in [4.78, 5) is 22.3. The van der Waals surface area contributed by atoms with Gasteiger partial charge < -0.3 is 10.8 Å². The number of carbonyl (C=O) groups is 2. The van der Waals surface area contributed by atoms with Crippen LogP contribution in [0.4, 0.5) is 0 Å². The summed E-state index contributed by atoms with van der Waals surface area (Å²) in [5.74, 6) is -1.23. The average molecular weight is 201 g/mol. The van der Waals surface area contributed by atoms with Gasteiger partial charge in [0, 0.05) is 0 Å². The third-order valence-electron chi connectivity index (χ3n) is 2.89. The van der Waals surface area contributed by atoms with Crippen LogP contribution in [0.5, 0.6) is 0 Å². The van der Waals surface area contributed by atoms with Crippen LogP contribution < -0.4 is 5.73 Å². The molecule has 0 fully saturated rings. The first-order valence-corrected chi connectivity index (χ1v) is 4.91. The normalized spacial score (nSPS) is 17.1. The molecular formula is C10H19NO3. The lowest BCUT2D eigenvalue weighted by Gasteiger charge is -2.33. The third-order valence-corrected chi connectivity index (χ3v) is 2.89. The van der Waals surface area contributed by atoms with Gasteiger partial charge in [-0.05, 0) is 19.8 Å². The summed E-state index contributed by atoms with van der Waals surface area (Å²) < 4.78 is 0. The van der Waals surface area contributed by atoms with Gasteiger partial charge in [-0.2, -0.15) is 0 Å². The lowest BCUT2D eigenvalue weighted by molar-refractivity contribution is -0.147. The molecule has 0 amide bonds. The van der Waals surface area contributed by atoms with Crippen LogP contribution in [-0.4, -0.2) is 22.9 Å². The average Bonchev–Trinajstić information content (AvgIpc) is 2.12. The Morgan fingerprint density at radius 1 is 1.43 bits per heavy atom. The molecule has 4 heteroatoms. The Kier molecular flexibility index (Phi) is 4.77. The minimum Gasteiger partial charge on any atom is -0.480 e. The molecule has 3 N–H and O–H groups in total. The predicted octanol–water partition coefficient (Wildman–Crippen LogP) is 1.18. The van der Waals surface area contributed by atoms with E-state index in [-0.39, 0.29) is 5.78 Å². The topological polar surface area (TPSA) is 80.4 Å². The van der Waals surface area contributed by atoms with E-state index in [1.54, 1.807) is 6.92 Å². The van der Waals surface area contributed by atoms with Gasteiger partial charge in [-0.15, -0.1) is 0 Å². The van der Waals surface area contributed by atoms with E-state index in [4.69, 9.17) is 10.8 Å². The number of carboxylic acid groups (broad SMARTS) is 1. The maximum atomic E-state index is 11.5. The summed E-state index contributed by atoms with van der Waals surface area (Å²) in [6.07, 6.45) is 1.77. The number of Topliss-reactive ketones (excluding diaryl/α,β-unsaturated/α-hetero) is 1. The number of rotatable bonds is 6. The number of hydrogen-bond acceptors (Lipinski definition) is 3. The zero-order valence-corrected chi connectivity index (χ0v) is 9.04. The van der Waals surface area contributed by atoms with Crippen molar-refractivity contribution in [3.05, 3.63) is 0 Å². The predicted molar refractivity (Wildman–Crippen MR) is 53.9 cm³/mol. The van der Waals surface area contributed by atoms with E-state index in [0.717, 1.165) is 6.42 Å². The van der Waals surface area contributed by atoms with Crippen molar-refractivity contribution < 1.29 is 14.7 Å². The van der Waals surface area contributed by atoms with Gasteiger partial charge in [-0.3, -0.25) is 9.59 Å². The molecule has 0 saturated carbocycles. The second kappa shape index (κ2) is 5.10. The zero-order chi connectivity index (χ0) is 11.4. The van der Waals surface area contributed by atoms with E-state index in [0.29, 0.717) is 12.8 Å². The minimum absolute atomic E-state index is 0.128. The van der Waals surface area contributed by atoms with Crippen molar-refractivity contribution in [3.63, 3.8) is 0 Å². The fourth-order valence-corrected chi connectivity index (χ4v) is 1.88. The van der Waals surface area contributed by atoms with Crippen LogP contribution in [0.25, 0.3) is 0 Å². The van der Waals surface area contributed by atoms with E-state index in [1.165, 1.54) is 6.92 Å². The minimum atomic E-state index is -1.10. The van der Waals surface area contributed by atoms with E-state index >= 15 is 0 Å². The van der Waals surface area contributed by atoms with Crippen LogP contribution in [0.1, 0.15) is 40.0 Å². The summed E-state index contributed by atoms with van der Waals surface area (Å²) in [5.41, 5.74) is 4.68. The summed E-state index contributed by atoms with van der Waals surface area (Å²) in [7, 11) is 0. The highest BCUT2D eigenvalue weighted by molar-refractivity contribution is 5.89. The number of ketones is 1. The van der Waals surface area contributed by atoms with Crippen LogP contribution in [0.15, 0.2) is 0 Å². The third kappa shape index (κ3) is 2.32. The van der Waals surface area contributed by atoms with Crippen molar-refractivity contribution in [1.29, 1.82) is 0 Å². The van der Waals surface area contributed by atoms with Crippen molar-refractivity contribution in [1.82, 2.24) is 0 Å². The highest BCUT2D eigenvalue weighted by atomic mass is 16.4. The second-order valence-electron chi connectivity index (χ2n) is 3.63. The van der Waals surface area contributed by atoms with Gasteiger partial charge in [0.2, 0.25) is 0 Å². The lowest BCUT2D eigenvalue weighted by atomic mass is 9.71. The highest BCUT2D eigenvalue weighted by Crippen LogP contribution is 2.32. The molecular weight excluding hydrogens is 182 g/mol. The molecule has 0 spiro atoms. The van der Waals surface area contributed by atoms with Crippen LogP contribution in [-0.2, 0) is 9.59 Å². The summed E-state index contributed by atoms with van der Waals surface area (Å²) in [6, 6.07) is -1.09. The van der Waals surface area contributed by atoms with Crippen molar-refractivity contribution in [2.24, 2.45) is 11.1 Å². The fraction of sp³-hybridized carbons (Fsp3) is 0.800. The summed E-state index contributed by atoms with van der Waals surface area (Å²) in [5, 5.41) is 8.85. The molecule has 0 aliphatic rings. The van der Waals surface area contributed by atoms with Gasteiger partial charge in [-0.25, -0.2) is 0 Å². The fourth-order valence-electron chi connectivity index (χ4n) is 1.88. The maximum Gasteiger partial charge on any atom is 0.321 e. The number of carbonyl (C=O) groups excluding carboxylic acids is 1. The molecule has 0 aliphatic heterocycles. The van der Waals surface area contributed by atoms with Gasteiger partial charge >= 0.3 is 5.97 Å². The Bertz CT molecular complexity index is 227. The summed E-state index contributed by atoms with van der Waals surface area (Å²) >= 11 is 0. The Morgan fingerprint density at radius 3 is 2.14 bits per heavy atom. The van der Waals surface area contributed by atoms with Gasteiger partial charge in [-0.1, -0.05) is 20.3 Å². The standard InChI is InChI=1S/C10H19NO3/c1-4-6-10(5-2,7(3)12)8(11)9(13)14/h8H,4-6,11H2,1-3H3,(H,13,14). The molecule has 0 saturated heterocycles. The van der Waals surface area contributed by atoms with Gasteiger partial charge in [0.25, 0.3) is 0 Å². The Balaban J connectivity index is 5.02. The van der Waals surface area contributed by atoms with E-state index < -0.39 is 17.4 Å². The molecule has 0 aromatic heterocycles. The Morgan fingerprint density at radius 2 is 1.93 bits per heavy atom. The number of aliphatic carboxylic acids is 1. The molecule has 0 radical (unpaired) electrons. The van der Waals surface area contributed by atoms with Gasteiger partial charge in [0.1, 0.15) is 11.8 Å². The largest absolute Gasteiger partial charge is 0.480 e. The number of nitrogens with two attached hydrogens (primary N) is 1. The molecule has 0 aromatic rings. The van der Waals surface area contributed by atoms with Crippen LogP contribution in [0.2, 0.25) is 0 Å². The molecule has 14 heavy (non-hydrogen) atoms. The zero-order valence-electron chi connectivity index (χ0n) is 9.04. The lowest BCUT2D eigenvalue weighted by Crippen LogP contribution is -2.51. The van der Waals surface area contributed by atoms with Crippen LogP contribution in [0.3, 0.4) is 0 Å². The molecule has 0 rings (SSSR count). The van der Waals surface area contributed by atoms with Crippen molar-refractivity contribution >= 4 is 11.8 Å². The first kappa shape index (κ1) is 13.1. The van der Waals surface area contributed by atoms with Crippen LogP contribution in [0, 0.1) is 5.41 Å². The van der Waals surface area contributed by atoms with Gasteiger partial charge in [0.05, 0.1) is 5.41 Å². The van der Waals surface area contributed by atoms with Crippen molar-refractivity contribution in [3.8, 4) is 0 Å². The second-order valence-corrected chi connectivity index (χ2v) is 3.63. The molecule has 0 aromatic carbocycles. The quantitative estimate of drug-likeness (QED) is 0.676. The first-order chi connectivity index (χ1) is 6.42. The highest BCUT2D eigenvalue weighted by Gasteiger charge is 2.42. The molecule has 0 aliphatic carbocycles. The molecule has 4 nitrogen and oxygen atoms in total. The molecule has 2 unspecified atom stereocenters. The van der Waals surface area contributed by atoms with Crippen molar-refractivity contribution in [2.45, 2.75) is 46.1 Å². The first-order valence-electron chi connectivity index (χ1n) is 4.91. The Labute approximate surface area is 84.5 Å². The molecule has 0 bridgehead atoms. The Hall–Kier alpha value is -0.900. The van der Waals surface area contributed by atoms with Crippen molar-refractivity contribution in [2.75, 3.05) is 0 Å². The van der Waals surface area contributed by atoms with E-state index in [1.807, 2.05) is 6.92 Å². The maximum absolute atomic E-state index is 11.5. The molecule has 2 atom stereocenters.